The van der Waals surface area contributed by atoms with Crippen molar-refractivity contribution in [2.24, 2.45) is 7.05 Å². The Balaban J connectivity index is 1.34. The minimum absolute atomic E-state index is 0.00509. The minimum atomic E-state index is -1.52. The van der Waals surface area contributed by atoms with Crippen LogP contribution >= 0.6 is 0 Å². The molecule has 10 N–H and O–H groups in total. The van der Waals surface area contributed by atoms with E-state index in [2.05, 4.69) is 21.3 Å². The van der Waals surface area contributed by atoms with Gasteiger partial charge in [-0.3, -0.25) is 18.9 Å². The summed E-state index contributed by atoms with van der Waals surface area (Å²) < 4.78 is 7.64. The molecule has 0 aromatic carbocycles. The number of aromatic nitrogens is 4. The van der Waals surface area contributed by atoms with Crippen LogP contribution < -0.4 is 30.4 Å². The molecule has 24 nitrogen and oxygen atoms in total. The zero-order valence-corrected chi connectivity index (χ0v) is 36.0. The highest BCUT2D eigenvalue weighted by Crippen LogP contribution is 2.25. The number of nitrogens with zero attached hydrogens (tertiary/aromatic N) is 5. The van der Waals surface area contributed by atoms with E-state index < -0.39 is 72.3 Å². The summed E-state index contributed by atoms with van der Waals surface area (Å²) in [6.45, 7) is 1.82. The number of unbranched alkanes of at least 4 members (excludes halogenated alkanes) is 5. The number of aliphatic carboxylic acids is 6. The monoisotopic (exact) mass is 908 g/mol. The number of carbonyl (C=O) groups excluding carboxylic acids is 3. The maximum absolute atomic E-state index is 12.7. The maximum Gasteiger partial charge on any atom is 0.346 e. The summed E-state index contributed by atoms with van der Waals surface area (Å²) >= 11 is 0. The molecule has 0 spiro atoms. The Morgan fingerprint density at radius 3 is 1.77 bits per heavy atom. The van der Waals surface area contributed by atoms with Gasteiger partial charge in [-0.05, 0) is 57.8 Å². The highest BCUT2D eigenvalue weighted by atomic mass is 16.4. The summed E-state index contributed by atoms with van der Waals surface area (Å²) in [5.41, 5.74) is 0. The Kier molecular flexibility index (Phi) is 20.6. The third-order valence-corrected chi connectivity index (χ3v) is 11.0. The molecule has 64 heavy (non-hydrogen) atoms. The van der Waals surface area contributed by atoms with Crippen LogP contribution in [0.4, 0.5) is 4.79 Å². The van der Waals surface area contributed by atoms with Crippen molar-refractivity contribution in [2.75, 3.05) is 13.1 Å². The molecule has 0 saturated carbocycles. The Hall–Kier alpha value is -6.59. The van der Waals surface area contributed by atoms with Crippen LogP contribution in [0.1, 0.15) is 102 Å². The fraction of sp³-hybridized carbons (Fsp3) is 0.625. The summed E-state index contributed by atoms with van der Waals surface area (Å²) in [6.07, 6.45) is 10.7. The number of rotatable bonds is 32. The largest absolute Gasteiger partial charge is 0.481 e. The van der Waals surface area contributed by atoms with Gasteiger partial charge in [0.1, 0.15) is 42.9 Å². The van der Waals surface area contributed by atoms with Crippen LogP contribution in [0, 0.1) is 0 Å². The smallest absolute Gasteiger partial charge is 0.346 e. The molecule has 4 amide bonds. The lowest BCUT2D eigenvalue weighted by molar-refractivity contribution is -1.04. The van der Waals surface area contributed by atoms with Gasteiger partial charge in [0.2, 0.25) is 18.5 Å². The Morgan fingerprint density at radius 2 is 1.17 bits per heavy atom. The summed E-state index contributed by atoms with van der Waals surface area (Å²) in [5, 5.41) is 65.7. The van der Waals surface area contributed by atoms with Crippen molar-refractivity contribution in [2.45, 2.75) is 141 Å². The molecule has 4 unspecified atom stereocenters. The zero-order chi connectivity index (χ0) is 47.4. The minimum Gasteiger partial charge on any atom is -0.481 e. The standard InChI is InChI=1S/C40H59N9O15/c1-45-17-18-46(22-35(54)55)32(45)24-49(25-33-47(23-36(56)57)19-20-48(33)26-49)21-9-7-11-27(37(58)59)42-31(51)13-5-3-2-4-12-30(50)41-16-8-6-10-28(38(60)61)43-40(64)44-29(39(62)63)14-15-34(52)53/h17-20,27-29H,2-16,21-26H2,1H3,(H7-3,41,42,43,44,50,51,52,53,54,55,56,57,58,59,60,61,62,63,64)/p+3. The second-order valence-corrected chi connectivity index (χ2v) is 16.1. The fourth-order valence-electron chi connectivity index (χ4n) is 7.63. The number of nitrogens with one attached hydrogen (secondary N) is 4. The van der Waals surface area contributed by atoms with E-state index in [0.717, 1.165) is 11.6 Å². The fourth-order valence-corrected chi connectivity index (χ4v) is 7.63. The van der Waals surface area contributed by atoms with Crippen LogP contribution in [0.5, 0.6) is 0 Å². The van der Waals surface area contributed by atoms with Crippen LogP contribution in [0.3, 0.4) is 0 Å². The van der Waals surface area contributed by atoms with Crippen LogP contribution in [0.2, 0.25) is 0 Å². The average molecular weight is 909 g/mol. The predicted octanol–water partition coefficient (Wildman–Crippen LogP) is -0.504. The van der Waals surface area contributed by atoms with Gasteiger partial charge < -0.3 is 51.9 Å². The number of carboxylic acids is 6. The Bertz CT molecular complexity index is 1980. The molecule has 0 radical (unpaired) electrons. The number of imidazole rings is 2. The normalized spacial score (nSPS) is 15.6. The molecule has 3 rings (SSSR count). The molecule has 0 fully saturated rings. The zero-order valence-electron chi connectivity index (χ0n) is 36.0. The van der Waals surface area contributed by atoms with Crippen molar-refractivity contribution in [1.82, 2.24) is 30.4 Å². The van der Waals surface area contributed by atoms with Gasteiger partial charge in [-0.15, -0.1) is 0 Å². The third-order valence-electron chi connectivity index (χ3n) is 11.0. The van der Waals surface area contributed by atoms with E-state index in [9.17, 15) is 68.7 Å². The first-order chi connectivity index (χ1) is 30.3. The number of hydrogen-bond acceptors (Lipinski definition) is 9. The molecule has 2 aromatic rings. The lowest BCUT2D eigenvalue weighted by Crippen LogP contribution is -2.51. The van der Waals surface area contributed by atoms with E-state index in [-0.39, 0.29) is 57.6 Å². The van der Waals surface area contributed by atoms with Crippen molar-refractivity contribution in [3.05, 3.63) is 36.4 Å². The van der Waals surface area contributed by atoms with Gasteiger partial charge in [-0.1, -0.05) is 12.8 Å². The molecule has 1 aliphatic heterocycles. The molecule has 4 atom stereocenters. The first-order valence-corrected chi connectivity index (χ1v) is 21.2. The van der Waals surface area contributed by atoms with Crippen molar-refractivity contribution in [1.29, 1.82) is 0 Å². The molecular weight excluding hydrogens is 846 g/mol. The van der Waals surface area contributed by atoms with E-state index in [1.54, 1.807) is 27.7 Å². The summed E-state index contributed by atoms with van der Waals surface area (Å²) in [6, 6.07) is -5.02. The van der Waals surface area contributed by atoms with Gasteiger partial charge >= 0.3 is 53.5 Å². The lowest BCUT2D eigenvalue weighted by Gasteiger charge is -2.30. The highest BCUT2D eigenvalue weighted by molar-refractivity contribution is 5.86. The SMILES string of the molecule is C[n+]1ccn(CC(=O)O)c1C[N+]1(CCCCC(NC(=O)CCCCCCC(=O)NCCCCC(NC(=O)NC(CCC(=O)O)C(=O)O)C(=O)O)C(=O)O)Cc2n(CC(=O)O)cc[n+]2C1. The molecule has 0 bridgehead atoms. The number of carboxylic acid groups (broad SMARTS) is 6. The Morgan fingerprint density at radius 1 is 0.625 bits per heavy atom. The van der Waals surface area contributed by atoms with Crippen LogP contribution in [0.25, 0.3) is 0 Å². The third kappa shape index (κ3) is 17.6. The van der Waals surface area contributed by atoms with Gasteiger partial charge in [-0.25, -0.2) is 42.5 Å². The summed E-state index contributed by atoms with van der Waals surface area (Å²) in [4.78, 5) is 106. The molecule has 354 valence electrons. The van der Waals surface area contributed by atoms with Crippen molar-refractivity contribution in [3.63, 3.8) is 0 Å². The van der Waals surface area contributed by atoms with E-state index in [4.69, 9.17) is 5.11 Å². The quantitative estimate of drug-likeness (QED) is 0.0251. The number of carbonyl (C=O) groups is 9. The summed E-state index contributed by atoms with van der Waals surface area (Å²) in [7, 11) is 1.83. The van der Waals surface area contributed by atoms with Crippen molar-refractivity contribution in [3.8, 4) is 0 Å². The average Bonchev–Trinajstić information content (AvgIpc) is 3.86. The van der Waals surface area contributed by atoms with Crippen LogP contribution in [-0.2, 0) is 78.3 Å². The van der Waals surface area contributed by atoms with Gasteiger partial charge in [0.15, 0.2) is 26.2 Å². The number of quaternary nitrogens is 1. The molecule has 1 aliphatic rings. The lowest BCUT2D eigenvalue weighted by atomic mass is 10.1. The number of urea groups is 1. The van der Waals surface area contributed by atoms with E-state index in [1.807, 2.05) is 22.4 Å². The molecule has 3 heterocycles. The van der Waals surface area contributed by atoms with E-state index in [1.165, 1.54) is 0 Å². The second kappa shape index (κ2) is 25.5. The van der Waals surface area contributed by atoms with Crippen LogP contribution in [-0.4, -0.2) is 129 Å². The van der Waals surface area contributed by atoms with Crippen molar-refractivity contribution >= 4 is 53.7 Å². The number of hydrogen-bond donors (Lipinski definition) is 10. The number of fused-ring (bicyclic) bond motifs is 1. The Labute approximate surface area is 368 Å². The summed E-state index contributed by atoms with van der Waals surface area (Å²) in [5.74, 6) is -6.23. The maximum atomic E-state index is 12.7. The molecular formula is C40H62N9O15+3. The van der Waals surface area contributed by atoms with Crippen molar-refractivity contribution < 1.29 is 87.4 Å². The number of amides is 4. The predicted molar refractivity (Wildman–Crippen MR) is 217 cm³/mol. The topological polar surface area (TPSA) is 341 Å². The highest BCUT2D eigenvalue weighted by Gasteiger charge is 2.46. The molecule has 0 aliphatic carbocycles. The molecule has 2 aromatic heterocycles. The van der Waals surface area contributed by atoms with Gasteiger partial charge in [-0.2, -0.15) is 4.57 Å². The molecule has 0 saturated heterocycles. The first-order valence-electron chi connectivity index (χ1n) is 21.2. The van der Waals surface area contributed by atoms with Crippen LogP contribution in [0.15, 0.2) is 24.8 Å². The first kappa shape index (κ1) is 51.8. The van der Waals surface area contributed by atoms with E-state index in [0.29, 0.717) is 82.2 Å². The molecule has 24 heteroatoms. The van der Waals surface area contributed by atoms with Gasteiger partial charge in [0.05, 0.1) is 13.6 Å². The van der Waals surface area contributed by atoms with Gasteiger partial charge in [0, 0.05) is 25.8 Å². The van der Waals surface area contributed by atoms with Gasteiger partial charge in [0.25, 0.3) is 0 Å². The second-order valence-electron chi connectivity index (χ2n) is 16.1. The number of aryl methyl sites for hydroxylation is 1. The van der Waals surface area contributed by atoms with E-state index >= 15 is 0 Å².